The molecular formula is C19H18N4O3S. The number of hydrogen-bond acceptors (Lipinski definition) is 7. The van der Waals surface area contributed by atoms with E-state index in [1.165, 1.54) is 16.7 Å². The van der Waals surface area contributed by atoms with Gasteiger partial charge in [0.2, 0.25) is 5.91 Å². The van der Waals surface area contributed by atoms with E-state index in [1.807, 2.05) is 36.4 Å². The predicted octanol–water partition coefficient (Wildman–Crippen LogP) is 2.89. The SMILES string of the molecule is COc1ccc(C2=NN(C(=O)Cc3ccc4nsnc4c3)CC2)c(OC)c1. The lowest BCUT2D eigenvalue weighted by Gasteiger charge is -2.11. The third-order valence-electron chi connectivity index (χ3n) is 4.48. The van der Waals surface area contributed by atoms with E-state index in [2.05, 4.69) is 13.8 Å². The number of nitrogens with zero attached hydrogens (tertiary/aromatic N) is 4. The highest BCUT2D eigenvalue weighted by Gasteiger charge is 2.24. The molecule has 0 N–H and O–H groups in total. The first-order valence-electron chi connectivity index (χ1n) is 8.49. The maximum atomic E-state index is 12.7. The molecule has 1 amide bonds. The van der Waals surface area contributed by atoms with Gasteiger partial charge in [-0.2, -0.15) is 13.8 Å². The zero-order chi connectivity index (χ0) is 18.8. The zero-order valence-corrected chi connectivity index (χ0v) is 15.8. The van der Waals surface area contributed by atoms with Crippen LogP contribution in [0.3, 0.4) is 0 Å². The molecule has 0 spiro atoms. The molecule has 0 unspecified atom stereocenters. The van der Waals surface area contributed by atoms with Gasteiger partial charge in [-0.3, -0.25) is 4.79 Å². The molecule has 1 aliphatic rings. The van der Waals surface area contributed by atoms with E-state index in [1.54, 1.807) is 14.2 Å². The van der Waals surface area contributed by atoms with Crippen molar-refractivity contribution in [2.24, 2.45) is 5.10 Å². The Morgan fingerprint density at radius 2 is 1.96 bits per heavy atom. The second-order valence-corrected chi connectivity index (χ2v) is 6.67. The van der Waals surface area contributed by atoms with E-state index in [4.69, 9.17) is 9.47 Å². The van der Waals surface area contributed by atoms with Gasteiger partial charge in [-0.05, 0) is 29.8 Å². The Balaban J connectivity index is 1.52. The summed E-state index contributed by atoms with van der Waals surface area (Å²) in [6.45, 7) is 0.559. The molecule has 27 heavy (non-hydrogen) atoms. The van der Waals surface area contributed by atoms with Crippen LogP contribution in [0.5, 0.6) is 11.5 Å². The number of fused-ring (bicyclic) bond motifs is 1. The topological polar surface area (TPSA) is 76.9 Å². The molecule has 1 aromatic heterocycles. The lowest BCUT2D eigenvalue weighted by molar-refractivity contribution is -0.130. The van der Waals surface area contributed by atoms with Crippen LogP contribution in [-0.4, -0.2) is 46.1 Å². The molecule has 2 heterocycles. The summed E-state index contributed by atoms with van der Waals surface area (Å²) in [5, 5.41) is 6.05. The number of ether oxygens (including phenoxy) is 2. The third-order valence-corrected chi connectivity index (χ3v) is 5.04. The second-order valence-electron chi connectivity index (χ2n) is 6.14. The molecule has 0 aliphatic carbocycles. The fraction of sp³-hybridized carbons (Fsp3) is 0.263. The number of methoxy groups -OCH3 is 2. The summed E-state index contributed by atoms with van der Waals surface area (Å²) in [4.78, 5) is 12.7. The molecule has 0 saturated heterocycles. The molecule has 0 radical (unpaired) electrons. The Morgan fingerprint density at radius 1 is 1.11 bits per heavy atom. The lowest BCUT2D eigenvalue weighted by atomic mass is 10.1. The maximum Gasteiger partial charge on any atom is 0.247 e. The zero-order valence-electron chi connectivity index (χ0n) is 15.0. The van der Waals surface area contributed by atoms with Crippen LogP contribution in [0.2, 0.25) is 0 Å². The van der Waals surface area contributed by atoms with Crippen molar-refractivity contribution in [2.45, 2.75) is 12.8 Å². The number of hydrazone groups is 1. The summed E-state index contributed by atoms with van der Waals surface area (Å²) < 4.78 is 19.1. The number of aromatic nitrogens is 2. The van der Waals surface area contributed by atoms with E-state index >= 15 is 0 Å². The Kier molecular flexibility index (Phi) is 4.72. The van der Waals surface area contributed by atoms with Gasteiger partial charge in [0, 0.05) is 18.1 Å². The Morgan fingerprint density at radius 3 is 2.78 bits per heavy atom. The van der Waals surface area contributed by atoms with Crippen molar-refractivity contribution in [1.82, 2.24) is 13.8 Å². The van der Waals surface area contributed by atoms with Crippen molar-refractivity contribution in [1.29, 1.82) is 0 Å². The molecular weight excluding hydrogens is 364 g/mol. The Labute approximate surface area is 160 Å². The number of benzene rings is 2. The fourth-order valence-corrected chi connectivity index (χ4v) is 3.58. The highest BCUT2D eigenvalue weighted by Crippen LogP contribution is 2.28. The molecule has 3 aromatic rings. The van der Waals surface area contributed by atoms with Crippen molar-refractivity contribution >= 4 is 34.4 Å². The summed E-state index contributed by atoms with van der Waals surface area (Å²) in [5.41, 5.74) is 4.29. The van der Waals surface area contributed by atoms with Gasteiger partial charge in [-0.15, -0.1) is 0 Å². The van der Waals surface area contributed by atoms with Crippen LogP contribution in [0.4, 0.5) is 0 Å². The minimum atomic E-state index is -0.0417. The molecule has 0 atom stereocenters. The summed E-state index contributed by atoms with van der Waals surface area (Å²) in [6, 6.07) is 11.3. The summed E-state index contributed by atoms with van der Waals surface area (Å²) in [5.74, 6) is 1.36. The number of carbonyl (C=O) groups is 1. The predicted molar refractivity (Wildman–Crippen MR) is 104 cm³/mol. The van der Waals surface area contributed by atoms with Gasteiger partial charge in [0.15, 0.2) is 0 Å². The Bertz CT molecular complexity index is 1030. The van der Waals surface area contributed by atoms with Crippen LogP contribution in [-0.2, 0) is 11.2 Å². The van der Waals surface area contributed by atoms with Crippen LogP contribution in [0.15, 0.2) is 41.5 Å². The monoisotopic (exact) mass is 382 g/mol. The first-order chi connectivity index (χ1) is 13.2. The van der Waals surface area contributed by atoms with Gasteiger partial charge in [-0.1, -0.05) is 6.07 Å². The van der Waals surface area contributed by atoms with Gasteiger partial charge in [0.05, 0.1) is 44.6 Å². The van der Waals surface area contributed by atoms with Crippen molar-refractivity contribution in [2.75, 3.05) is 20.8 Å². The van der Waals surface area contributed by atoms with E-state index in [9.17, 15) is 4.79 Å². The van der Waals surface area contributed by atoms with Crippen LogP contribution in [0.25, 0.3) is 11.0 Å². The molecule has 2 aromatic carbocycles. The van der Waals surface area contributed by atoms with Crippen molar-refractivity contribution in [3.05, 3.63) is 47.5 Å². The van der Waals surface area contributed by atoms with Crippen LogP contribution in [0, 0.1) is 0 Å². The smallest absolute Gasteiger partial charge is 0.247 e. The molecule has 8 heteroatoms. The van der Waals surface area contributed by atoms with Gasteiger partial charge < -0.3 is 9.47 Å². The standard InChI is InChI=1S/C19H18N4O3S/c1-25-13-4-5-14(18(11-13)26-2)15-7-8-23(20-15)19(24)10-12-3-6-16-17(9-12)22-27-21-16/h3-6,9,11H,7-8,10H2,1-2H3. The number of rotatable bonds is 5. The third kappa shape index (κ3) is 3.48. The highest BCUT2D eigenvalue weighted by molar-refractivity contribution is 7.00. The van der Waals surface area contributed by atoms with Gasteiger partial charge in [-0.25, -0.2) is 5.01 Å². The number of hydrogen-bond donors (Lipinski definition) is 0. The largest absolute Gasteiger partial charge is 0.497 e. The van der Waals surface area contributed by atoms with Crippen molar-refractivity contribution in [3.63, 3.8) is 0 Å². The van der Waals surface area contributed by atoms with E-state index in [-0.39, 0.29) is 12.3 Å². The molecule has 4 rings (SSSR count). The van der Waals surface area contributed by atoms with Crippen LogP contribution >= 0.6 is 11.7 Å². The van der Waals surface area contributed by atoms with Crippen molar-refractivity contribution in [3.8, 4) is 11.5 Å². The average molecular weight is 382 g/mol. The molecule has 0 fully saturated rings. The minimum Gasteiger partial charge on any atom is -0.497 e. The average Bonchev–Trinajstić information content (AvgIpc) is 3.36. The van der Waals surface area contributed by atoms with Crippen LogP contribution < -0.4 is 9.47 Å². The number of carbonyl (C=O) groups excluding carboxylic acids is 1. The molecule has 1 aliphatic heterocycles. The fourth-order valence-electron chi connectivity index (χ4n) is 3.07. The molecule has 7 nitrogen and oxygen atoms in total. The Hall–Kier alpha value is -3.00. The highest BCUT2D eigenvalue weighted by atomic mass is 32.1. The van der Waals surface area contributed by atoms with Gasteiger partial charge in [0.1, 0.15) is 22.5 Å². The first kappa shape index (κ1) is 17.4. The van der Waals surface area contributed by atoms with Crippen molar-refractivity contribution < 1.29 is 14.3 Å². The summed E-state index contributed by atoms with van der Waals surface area (Å²) in [6.07, 6.45) is 0.966. The maximum absolute atomic E-state index is 12.7. The first-order valence-corrected chi connectivity index (χ1v) is 9.22. The molecule has 0 bridgehead atoms. The number of amides is 1. The second kappa shape index (κ2) is 7.32. The normalized spacial score (nSPS) is 13.7. The lowest BCUT2D eigenvalue weighted by Crippen LogP contribution is -2.25. The van der Waals surface area contributed by atoms with E-state index in [0.717, 1.165) is 27.9 Å². The quantitative estimate of drug-likeness (QED) is 0.678. The van der Waals surface area contributed by atoms with Gasteiger partial charge in [0.25, 0.3) is 0 Å². The summed E-state index contributed by atoms with van der Waals surface area (Å²) >= 11 is 1.17. The van der Waals surface area contributed by atoms with E-state index in [0.29, 0.717) is 24.5 Å². The molecule has 0 saturated carbocycles. The van der Waals surface area contributed by atoms with Gasteiger partial charge >= 0.3 is 0 Å². The summed E-state index contributed by atoms with van der Waals surface area (Å²) in [7, 11) is 3.22. The molecule has 138 valence electrons. The van der Waals surface area contributed by atoms with Crippen LogP contribution in [0.1, 0.15) is 17.5 Å². The minimum absolute atomic E-state index is 0.0417. The van der Waals surface area contributed by atoms with E-state index < -0.39 is 0 Å².